The van der Waals surface area contributed by atoms with Crippen molar-refractivity contribution in [1.82, 2.24) is 19.6 Å². The Bertz CT molecular complexity index is 2010. The molecule has 0 N–H and O–H groups in total. The summed E-state index contributed by atoms with van der Waals surface area (Å²) in [5.74, 6) is 1.34. The summed E-state index contributed by atoms with van der Waals surface area (Å²) in [6, 6.07) is 0.817. The molecule has 0 aromatic heterocycles. The van der Waals surface area contributed by atoms with Crippen LogP contribution in [0.25, 0.3) is 0 Å². The topological polar surface area (TPSA) is 99.7 Å². The molecular weight excluding hydrogens is 1460 g/mol. The third kappa shape index (κ3) is 17.3. The molecule has 0 bridgehead atoms. The van der Waals surface area contributed by atoms with Crippen molar-refractivity contribution < 1.29 is 106 Å². The van der Waals surface area contributed by atoms with Gasteiger partial charge >= 0.3 is 420 Å². The van der Waals surface area contributed by atoms with Crippen LogP contribution in [0.2, 0.25) is 0 Å². The van der Waals surface area contributed by atoms with Crippen LogP contribution in [0.5, 0.6) is 0 Å². The van der Waals surface area contributed by atoms with Crippen LogP contribution in [0.15, 0.2) is 69.3 Å². The standard InChI is InChI=1S/C12H16NO2.C12H14NO2.C12H18NO.C12H16NO.4W/c1-5-7-11-10(6-2)12(14)13(8-15-11)9(3)4;1-5-7-10-9(6-2)11(14)13(8(3)4)12(10)15;1-5-7-12-11(6-2)8-13(9-14-12)10(3)4;1-5-7-10-8-13(9(3)4)12(14)11(10)6-2;;;;/h7,9H,8H2,1-4H3;7-8H,1-4H3;7,10H,8-9H2,1-4H3;7,9H,8H2,1-4H3;;;;/q4*-1;;;;. The Morgan fingerprint density at radius 1 is 0.516 bits per heavy atom. The van der Waals surface area contributed by atoms with Crippen LogP contribution in [0.1, 0.15) is 111 Å². The first-order valence-electron chi connectivity index (χ1n) is 20.4. The van der Waals surface area contributed by atoms with Crippen LogP contribution in [0, 0.1) is 24.3 Å². The summed E-state index contributed by atoms with van der Waals surface area (Å²) in [5.41, 5.74) is 4.47. The van der Waals surface area contributed by atoms with Gasteiger partial charge in [0.2, 0.25) is 0 Å². The van der Waals surface area contributed by atoms with Gasteiger partial charge in [0.25, 0.3) is 0 Å². The number of carbonyl (C=O) groups is 4. The molecule has 4 rings (SSSR count). The summed E-state index contributed by atoms with van der Waals surface area (Å²) in [6.07, 6.45) is 19.9. The number of nitrogens with zero attached hydrogens (tertiary/aromatic N) is 4. The molecule has 0 spiro atoms. The summed E-state index contributed by atoms with van der Waals surface area (Å²) >= 11 is 5.60. The fraction of sp³-hybridized carbons (Fsp3) is 0.500. The Hall–Kier alpha value is -2.21. The molecule has 4 aliphatic heterocycles. The van der Waals surface area contributed by atoms with E-state index in [1.807, 2.05) is 80.2 Å². The molecule has 340 valence electrons. The average molecular weight is 1530 g/mol. The summed E-state index contributed by atoms with van der Waals surface area (Å²) < 4.78 is 16.3. The maximum absolute atomic E-state index is 12.1. The molecule has 0 aliphatic carbocycles. The Labute approximate surface area is 416 Å². The number of likely N-dealkylation sites (tertiary alicyclic amines) is 2. The SMILES string of the molecule is C[C-]=C1C(=O)N(C(C)C)C(=O)C1=C[C](C)=[W].C[C-]=C1C(=O)N(C(C)C)CC1=C[C](C)=[W].C[C-]=C1C(=O)N(C(C)C)COC1=C[C](C)=[W].C[C-]=C1CN(C(C)C)COC1=C[C](C)=[W]. The van der Waals surface area contributed by atoms with E-state index in [9.17, 15) is 19.2 Å². The van der Waals surface area contributed by atoms with Crippen molar-refractivity contribution in [3.63, 3.8) is 0 Å². The summed E-state index contributed by atoms with van der Waals surface area (Å²) in [4.78, 5) is 55.2. The molecular formula is C48H64N4O6W4-4. The molecule has 4 fully saturated rings. The molecule has 62 heavy (non-hydrogen) atoms. The van der Waals surface area contributed by atoms with E-state index in [0.29, 0.717) is 42.0 Å². The zero-order valence-corrected chi connectivity index (χ0v) is 51.1. The number of hydrogen-bond acceptors (Lipinski definition) is 7. The second kappa shape index (κ2) is 28.0. The van der Waals surface area contributed by atoms with Gasteiger partial charge < -0.3 is 0 Å². The van der Waals surface area contributed by atoms with Crippen molar-refractivity contribution in [3.05, 3.63) is 93.6 Å². The third-order valence-corrected chi connectivity index (χ3v) is 11.0. The van der Waals surface area contributed by atoms with Crippen LogP contribution in [0.4, 0.5) is 0 Å². The zero-order chi connectivity index (χ0) is 47.8. The van der Waals surface area contributed by atoms with Crippen molar-refractivity contribution >= 4 is 39.2 Å². The van der Waals surface area contributed by atoms with Crippen molar-refractivity contribution in [2.75, 3.05) is 26.6 Å². The van der Waals surface area contributed by atoms with Gasteiger partial charge in [0.15, 0.2) is 0 Å². The van der Waals surface area contributed by atoms with Gasteiger partial charge in [0.05, 0.1) is 0 Å². The molecule has 4 aliphatic rings. The van der Waals surface area contributed by atoms with Crippen LogP contribution < -0.4 is 0 Å². The van der Waals surface area contributed by atoms with E-state index in [0.717, 1.165) is 33.9 Å². The minimum atomic E-state index is -0.231. The van der Waals surface area contributed by atoms with E-state index in [2.05, 4.69) is 69.1 Å². The quantitative estimate of drug-likeness (QED) is 0.156. The van der Waals surface area contributed by atoms with Gasteiger partial charge in [-0.3, -0.25) is 0 Å². The van der Waals surface area contributed by atoms with Crippen molar-refractivity contribution in [1.29, 1.82) is 0 Å². The Kier molecular flexibility index (Phi) is 26.1. The summed E-state index contributed by atoms with van der Waals surface area (Å²) in [7, 11) is 0. The van der Waals surface area contributed by atoms with Crippen molar-refractivity contribution in [2.24, 2.45) is 0 Å². The molecule has 0 saturated carbocycles. The number of carbonyl (C=O) groups excluding carboxylic acids is 4. The average Bonchev–Trinajstić information content (AvgIpc) is 3.61. The number of hydrogen-bond donors (Lipinski definition) is 0. The number of ether oxygens (including phenoxy) is 2. The first kappa shape index (κ1) is 57.8. The molecule has 0 radical (unpaired) electrons. The van der Waals surface area contributed by atoms with E-state index in [-0.39, 0.29) is 41.8 Å². The second-order valence-corrected chi connectivity index (χ2v) is 24.9. The van der Waals surface area contributed by atoms with Gasteiger partial charge in [-0.1, -0.05) is 0 Å². The summed E-state index contributed by atoms with van der Waals surface area (Å²) in [5, 5.41) is 0. The number of imide groups is 1. The van der Waals surface area contributed by atoms with Gasteiger partial charge in [-0.25, -0.2) is 0 Å². The third-order valence-electron chi connectivity index (χ3n) is 9.35. The first-order valence-corrected chi connectivity index (χ1v) is 26.3. The van der Waals surface area contributed by atoms with Crippen molar-refractivity contribution in [3.8, 4) is 0 Å². The van der Waals surface area contributed by atoms with E-state index in [1.54, 1.807) is 24.8 Å². The number of amides is 4. The molecule has 4 saturated heterocycles. The molecule has 0 unspecified atom stereocenters. The maximum atomic E-state index is 12.1. The Morgan fingerprint density at radius 2 is 0.984 bits per heavy atom. The fourth-order valence-electron chi connectivity index (χ4n) is 6.12. The number of allylic oxidation sites excluding steroid dienone is 8. The Morgan fingerprint density at radius 3 is 1.40 bits per heavy atom. The minimum absolute atomic E-state index is 0.00579. The van der Waals surface area contributed by atoms with E-state index in [1.165, 1.54) is 99.6 Å². The first-order chi connectivity index (χ1) is 28.9. The van der Waals surface area contributed by atoms with Gasteiger partial charge in [-0.15, -0.1) is 0 Å². The van der Waals surface area contributed by atoms with E-state index in [4.69, 9.17) is 9.47 Å². The normalized spacial score (nSPS) is 22.3. The molecule has 10 nitrogen and oxygen atoms in total. The van der Waals surface area contributed by atoms with Gasteiger partial charge in [-0.2, -0.15) is 0 Å². The monoisotopic (exact) mass is 1530 g/mol. The van der Waals surface area contributed by atoms with Gasteiger partial charge in [0.1, 0.15) is 0 Å². The van der Waals surface area contributed by atoms with Gasteiger partial charge in [-0.05, 0) is 0 Å². The predicted octanol–water partition coefficient (Wildman–Crippen LogP) is 6.47. The molecule has 0 aromatic rings. The second-order valence-electron chi connectivity index (χ2n) is 15.6. The molecule has 0 aromatic carbocycles. The fourth-order valence-corrected chi connectivity index (χ4v) is 7.82. The zero-order valence-electron chi connectivity index (χ0n) is 39.3. The van der Waals surface area contributed by atoms with Crippen molar-refractivity contribution in [2.45, 2.75) is 135 Å². The van der Waals surface area contributed by atoms with Crippen LogP contribution in [-0.4, -0.2) is 110 Å². The molecule has 4 amide bonds. The summed E-state index contributed by atoms with van der Waals surface area (Å²) in [6.45, 7) is 34.1. The van der Waals surface area contributed by atoms with Gasteiger partial charge in [0, 0.05) is 0 Å². The Balaban J connectivity index is 0.000000414. The van der Waals surface area contributed by atoms with Crippen LogP contribution in [0.3, 0.4) is 0 Å². The molecule has 14 heteroatoms. The van der Waals surface area contributed by atoms with Crippen LogP contribution in [-0.2, 0) is 106 Å². The predicted molar refractivity (Wildman–Crippen MR) is 234 cm³/mol. The number of rotatable bonds is 8. The van der Waals surface area contributed by atoms with Crippen LogP contribution >= 0.6 is 0 Å². The molecule has 4 heterocycles. The molecule has 0 atom stereocenters. The van der Waals surface area contributed by atoms with E-state index < -0.39 is 0 Å². The van der Waals surface area contributed by atoms with E-state index >= 15 is 0 Å².